The molecule has 1 aromatic carbocycles. The third kappa shape index (κ3) is 3.97. The van der Waals surface area contributed by atoms with Crippen LogP contribution >= 0.6 is 0 Å². The van der Waals surface area contributed by atoms with Crippen molar-refractivity contribution >= 4 is 0 Å². The highest BCUT2D eigenvalue weighted by Crippen LogP contribution is 2.35. The van der Waals surface area contributed by atoms with Crippen LogP contribution in [0.2, 0.25) is 0 Å². The van der Waals surface area contributed by atoms with Gasteiger partial charge in [0.1, 0.15) is 5.75 Å². The van der Waals surface area contributed by atoms with Crippen LogP contribution in [0.25, 0.3) is 0 Å². The smallest absolute Gasteiger partial charge is 0.124 e. The molecule has 0 aliphatic carbocycles. The van der Waals surface area contributed by atoms with Crippen LogP contribution in [0.5, 0.6) is 5.75 Å². The van der Waals surface area contributed by atoms with Gasteiger partial charge in [0.25, 0.3) is 0 Å². The number of ether oxygens (including phenoxy) is 1. The molecule has 2 atom stereocenters. The second-order valence-electron chi connectivity index (χ2n) is 5.50. The van der Waals surface area contributed by atoms with Crippen molar-refractivity contribution < 1.29 is 4.74 Å². The molecule has 0 amide bonds. The van der Waals surface area contributed by atoms with E-state index in [2.05, 4.69) is 52.1 Å². The monoisotopic (exact) mass is 263 g/mol. The van der Waals surface area contributed by atoms with Gasteiger partial charge in [0.15, 0.2) is 0 Å². The zero-order valence-corrected chi connectivity index (χ0v) is 13.3. The molecule has 0 heterocycles. The minimum atomic E-state index is 0.375. The van der Waals surface area contributed by atoms with E-state index in [0.717, 1.165) is 12.3 Å². The van der Waals surface area contributed by atoms with Crippen molar-refractivity contribution in [3.8, 4) is 5.75 Å². The van der Waals surface area contributed by atoms with Crippen molar-refractivity contribution in [2.75, 3.05) is 13.7 Å². The molecule has 19 heavy (non-hydrogen) atoms. The van der Waals surface area contributed by atoms with Crippen molar-refractivity contribution in [3.63, 3.8) is 0 Å². The highest BCUT2D eigenvalue weighted by Gasteiger charge is 2.23. The third-order valence-corrected chi connectivity index (χ3v) is 3.76. The van der Waals surface area contributed by atoms with Crippen LogP contribution in [0.4, 0.5) is 0 Å². The summed E-state index contributed by atoms with van der Waals surface area (Å²) >= 11 is 0. The molecule has 2 nitrogen and oxygen atoms in total. The summed E-state index contributed by atoms with van der Waals surface area (Å²) < 4.78 is 5.62. The maximum absolute atomic E-state index is 5.62. The molecular formula is C17H29NO. The summed E-state index contributed by atoms with van der Waals surface area (Å²) in [6.07, 6.45) is 2.45. The van der Waals surface area contributed by atoms with Crippen LogP contribution in [-0.2, 0) is 0 Å². The van der Waals surface area contributed by atoms with Gasteiger partial charge in [-0.3, -0.25) is 0 Å². The fraction of sp³-hybridized carbons (Fsp3) is 0.647. The Morgan fingerprint density at radius 3 is 2.42 bits per heavy atom. The lowest BCUT2D eigenvalue weighted by Gasteiger charge is -2.28. The molecule has 2 heteroatoms. The zero-order chi connectivity index (χ0) is 14.4. The van der Waals surface area contributed by atoms with Gasteiger partial charge in [0, 0.05) is 11.6 Å². The number of hydrogen-bond donors (Lipinski definition) is 1. The molecule has 0 radical (unpaired) electrons. The Balaban J connectivity index is 3.21. The molecule has 1 aromatic rings. The predicted molar refractivity (Wildman–Crippen MR) is 83.0 cm³/mol. The van der Waals surface area contributed by atoms with E-state index in [1.54, 1.807) is 7.11 Å². The normalized spacial score (nSPS) is 14.2. The Morgan fingerprint density at radius 2 is 1.89 bits per heavy atom. The Labute approximate surface area is 118 Å². The van der Waals surface area contributed by atoms with Crippen LogP contribution in [0.1, 0.15) is 56.3 Å². The van der Waals surface area contributed by atoms with Gasteiger partial charge in [-0.25, -0.2) is 0 Å². The van der Waals surface area contributed by atoms with Gasteiger partial charge >= 0.3 is 0 Å². The molecule has 0 aromatic heterocycles. The molecule has 1 rings (SSSR count). The average Bonchev–Trinajstić information content (AvgIpc) is 2.36. The van der Waals surface area contributed by atoms with E-state index in [4.69, 9.17) is 4.74 Å². The standard InChI is InChI=1S/C17H29NO/c1-7-9-13(4)17(18-8-2)16-14(5)10-12(3)11-15(16)19-6/h10-11,13,17-18H,7-9H2,1-6H3. The fourth-order valence-electron chi connectivity index (χ4n) is 2.94. The van der Waals surface area contributed by atoms with Crippen molar-refractivity contribution in [2.45, 2.75) is 53.5 Å². The summed E-state index contributed by atoms with van der Waals surface area (Å²) in [5, 5.41) is 3.64. The number of rotatable bonds is 7. The number of aryl methyl sites for hydroxylation is 2. The first-order chi connectivity index (χ1) is 9.04. The first kappa shape index (κ1) is 16.0. The molecular weight excluding hydrogens is 234 g/mol. The first-order valence-corrected chi connectivity index (χ1v) is 7.43. The van der Waals surface area contributed by atoms with E-state index in [0.29, 0.717) is 12.0 Å². The molecule has 0 saturated heterocycles. The van der Waals surface area contributed by atoms with Gasteiger partial charge in [0.05, 0.1) is 7.11 Å². The van der Waals surface area contributed by atoms with Gasteiger partial charge in [-0.15, -0.1) is 0 Å². The molecule has 108 valence electrons. The van der Waals surface area contributed by atoms with E-state index >= 15 is 0 Å². The zero-order valence-electron chi connectivity index (χ0n) is 13.3. The average molecular weight is 263 g/mol. The minimum Gasteiger partial charge on any atom is -0.496 e. The number of hydrogen-bond acceptors (Lipinski definition) is 2. The number of methoxy groups -OCH3 is 1. The lowest BCUT2D eigenvalue weighted by atomic mass is 9.87. The topological polar surface area (TPSA) is 21.3 Å². The van der Waals surface area contributed by atoms with Crippen molar-refractivity contribution in [1.82, 2.24) is 5.32 Å². The summed E-state index contributed by atoms with van der Waals surface area (Å²) in [4.78, 5) is 0. The van der Waals surface area contributed by atoms with Crippen LogP contribution < -0.4 is 10.1 Å². The highest BCUT2D eigenvalue weighted by molar-refractivity contribution is 5.45. The maximum atomic E-state index is 5.62. The van der Waals surface area contributed by atoms with E-state index in [1.807, 2.05) is 0 Å². The molecule has 2 unspecified atom stereocenters. The molecule has 0 aliphatic rings. The van der Waals surface area contributed by atoms with Crippen LogP contribution in [0.15, 0.2) is 12.1 Å². The van der Waals surface area contributed by atoms with E-state index in [9.17, 15) is 0 Å². The van der Waals surface area contributed by atoms with E-state index < -0.39 is 0 Å². The van der Waals surface area contributed by atoms with Gasteiger partial charge in [-0.1, -0.05) is 33.3 Å². The maximum Gasteiger partial charge on any atom is 0.124 e. The Bertz CT molecular complexity index is 400. The highest BCUT2D eigenvalue weighted by atomic mass is 16.5. The summed E-state index contributed by atoms with van der Waals surface area (Å²) in [6.45, 7) is 12.0. The number of nitrogens with one attached hydrogen (secondary N) is 1. The van der Waals surface area contributed by atoms with Gasteiger partial charge in [-0.2, -0.15) is 0 Å². The quantitative estimate of drug-likeness (QED) is 0.787. The SMILES string of the molecule is CCCC(C)C(NCC)c1c(C)cc(C)cc1OC. The largest absolute Gasteiger partial charge is 0.496 e. The summed E-state index contributed by atoms with van der Waals surface area (Å²) in [7, 11) is 1.77. The van der Waals surface area contributed by atoms with Crippen molar-refractivity contribution in [1.29, 1.82) is 0 Å². The molecule has 1 N–H and O–H groups in total. The summed E-state index contributed by atoms with van der Waals surface area (Å²) in [5.41, 5.74) is 3.91. The van der Waals surface area contributed by atoms with Crippen LogP contribution in [0, 0.1) is 19.8 Å². The summed E-state index contributed by atoms with van der Waals surface area (Å²) in [5.74, 6) is 1.63. The number of benzene rings is 1. The molecule has 0 bridgehead atoms. The summed E-state index contributed by atoms with van der Waals surface area (Å²) in [6, 6.07) is 4.77. The lowest BCUT2D eigenvalue weighted by Crippen LogP contribution is -2.28. The Kier molecular flexibility index (Phi) is 6.36. The minimum absolute atomic E-state index is 0.375. The molecule has 0 fully saturated rings. The Hall–Kier alpha value is -1.02. The van der Waals surface area contributed by atoms with Crippen LogP contribution in [0.3, 0.4) is 0 Å². The second kappa shape index (κ2) is 7.54. The van der Waals surface area contributed by atoms with Gasteiger partial charge in [0.2, 0.25) is 0 Å². The van der Waals surface area contributed by atoms with E-state index in [1.165, 1.54) is 29.5 Å². The third-order valence-electron chi connectivity index (χ3n) is 3.76. The first-order valence-electron chi connectivity index (χ1n) is 7.43. The van der Waals surface area contributed by atoms with Crippen molar-refractivity contribution in [3.05, 3.63) is 28.8 Å². The second-order valence-corrected chi connectivity index (χ2v) is 5.50. The Morgan fingerprint density at radius 1 is 1.21 bits per heavy atom. The van der Waals surface area contributed by atoms with Crippen molar-refractivity contribution in [2.24, 2.45) is 5.92 Å². The predicted octanol–water partition coefficient (Wildman–Crippen LogP) is 4.40. The van der Waals surface area contributed by atoms with E-state index in [-0.39, 0.29) is 0 Å². The lowest BCUT2D eigenvalue weighted by molar-refractivity contribution is 0.345. The fourth-order valence-corrected chi connectivity index (χ4v) is 2.94. The van der Waals surface area contributed by atoms with Gasteiger partial charge in [-0.05, 0) is 49.9 Å². The van der Waals surface area contributed by atoms with Gasteiger partial charge < -0.3 is 10.1 Å². The molecule has 0 spiro atoms. The molecule has 0 aliphatic heterocycles. The van der Waals surface area contributed by atoms with Crippen LogP contribution in [-0.4, -0.2) is 13.7 Å². The molecule has 0 saturated carbocycles.